The summed E-state index contributed by atoms with van der Waals surface area (Å²) in [5.41, 5.74) is 2.24. The smallest absolute Gasteiger partial charge is 0.338 e. The van der Waals surface area contributed by atoms with Crippen LogP contribution in [0.25, 0.3) is 0 Å². The second-order valence-corrected chi connectivity index (χ2v) is 6.84. The maximum Gasteiger partial charge on any atom is 0.338 e. The number of rotatable bonds is 7. The van der Waals surface area contributed by atoms with Gasteiger partial charge in [0.05, 0.1) is 18.2 Å². The predicted molar refractivity (Wildman–Crippen MR) is 104 cm³/mol. The van der Waals surface area contributed by atoms with Crippen molar-refractivity contribution in [2.24, 2.45) is 5.92 Å². The van der Waals surface area contributed by atoms with Crippen LogP contribution >= 0.6 is 0 Å². The van der Waals surface area contributed by atoms with Crippen LogP contribution in [0.1, 0.15) is 32.4 Å². The topological polar surface area (TPSA) is 97.0 Å². The zero-order chi connectivity index (χ0) is 20.8. The maximum atomic E-state index is 12.6. The van der Waals surface area contributed by atoms with Crippen LogP contribution in [0.2, 0.25) is 0 Å². The van der Waals surface area contributed by atoms with Crippen LogP contribution in [0.3, 0.4) is 0 Å². The molecule has 0 fully saturated rings. The summed E-state index contributed by atoms with van der Waals surface area (Å²) >= 11 is 0. The molecule has 2 N–H and O–H groups in total. The molecule has 0 saturated carbocycles. The minimum Gasteiger partial charge on any atom is -0.460 e. The number of methoxy groups -OCH3 is 1. The highest BCUT2D eigenvalue weighted by Crippen LogP contribution is 2.31. The molecule has 0 aromatic heterocycles. The van der Waals surface area contributed by atoms with Gasteiger partial charge in [-0.15, -0.1) is 0 Å². The molecule has 8 nitrogen and oxygen atoms in total. The highest BCUT2D eigenvalue weighted by atomic mass is 16.6. The van der Waals surface area contributed by atoms with E-state index in [0.717, 1.165) is 0 Å². The van der Waals surface area contributed by atoms with Crippen molar-refractivity contribution in [2.75, 3.05) is 32.7 Å². The van der Waals surface area contributed by atoms with Crippen molar-refractivity contribution in [2.45, 2.75) is 26.8 Å². The number of carbonyl (C=O) groups excluding carboxylic acids is 3. The number of benzene rings is 1. The molecule has 0 unspecified atom stereocenters. The second-order valence-electron chi connectivity index (χ2n) is 6.84. The summed E-state index contributed by atoms with van der Waals surface area (Å²) < 4.78 is 10.2. The molecule has 0 bridgehead atoms. The van der Waals surface area contributed by atoms with E-state index in [4.69, 9.17) is 9.47 Å². The normalized spacial score (nSPS) is 16.9. The quantitative estimate of drug-likeness (QED) is 0.551. The van der Waals surface area contributed by atoms with Gasteiger partial charge in [0.2, 0.25) is 5.91 Å². The standard InChI is InChI=1S/C20H27N3O5/c1-12(2)18(24)21-15-8-6-14(7-9-15)17-16(19(25)28-11-10-27-5)13(3)23(4)20(26)22-17/h6-9,12,17H,10-11H2,1-5H3,(H,21,24)(H,22,26)/t17-/m0/s1. The van der Waals surface area contributed by atoms with Gasteiger partial charge in [-0.25, -0.2) is 9.59 Å². The summed E-state index contributed by atoms with van der Waals surface area (Å²) in [6.45, 7) is 5.74. The monoisotopic (exact) mass is 389 g/mol. The van der Waals surface area contributed by atoms with Gasteiger partial charge in [0.25, 0.3) is 0 Å². The molecule has 152 valence electrons. The molecule has 1 heterocycles. The Bertz CT molecular complexity index is 771. The Labute approximate surface area is 164 Å². The van der Waals surface area contributed by atoms with E-state index in [1.54, 1.807) is 38.2 Å². The number of amides is 3. The van der Waals surface area contributed by atoms with Crippen LogP contribution < -0.4 is 10.6 Å². The average Bonchev–Trinajstić information content (AvgIpc) is 2.66. The molecular weight excluding hydrogens is 362 g/mol. The Hall–Kier alpha value is -2.87. The number of urea groups is 1. The Morgan fingerprint density at radius 1 is 1.21 bits per heavy atom. The Morgan fingerprint density at radius 2 is 1.86 bits per heavy atom. The molecular formula is C20H27N3O5. The zero-order valence-corrected chi connectivity index (χ0v) is 16.9. The first-order valence-corrected chi connectivity index (χ1v) is 9.08. The highest BCUT2D eigenvalue weighted by molar-refractivity contribution is 5.95. The highest BCUT2D eigenvalue weighted by Gasteiger charge is 2.35. The lowest BCUT2D eigenvalue weighted by Crippen LogP contribution is -2.46. The van der Waals surface area contributed by atoms with Gasteiger partial charge in [0, 0.05) is 31.5 Å². The van der Waals surface area contributed by atoms with E-state index in [2.05, 4.69) is 10.6 Å². The molecule has 1 atom stereocenters. The fraction of sp³-hybridized carbons (Fsp3) is 0.450. The van der Waals surface area contributed by atoms with E-state index in [9.17, 15) is 14.4 Å². The third-order valence-corrected chi connectivity index (χ3v) is 4.53. The number of allylic oxidation sites excluding steroid dienone is 1. The Kier molecular flexibility index (Phi) is 7.17. The SMILES string of the molecule is COCCOC(=O)C1=C(C)N(C)C(=O)N[C@H]1c1ccc(NC(=O)C(C)C)cc1. The summed E-state index contributed by atoms with van der Waals surface area (Å²) in [5, 5.41) is 5.63. The first-order chi connectivity index (χ1) is 13.3. The van der Waals surface area contributed by atoms with Crippen LogP contribution in [0, 0.1) is 5.92 Å². The molecule has 2 rings (SSSR count). The van der Waals surface area contributed by atoms with Crippen molar-refractivity contribution in [3.05, 3.63) is 41.1 Å². The maximum absolute atomic E-state index is 12.6. The van der Waals surface area contributed by atoms with Crippen molar-refractivity contribution in [1.82, 2.24) is 10.2 Å². The first kappa shape index (κ1) is 21.4. The molecule has 1 aliphatic rings. The molecule has 0 saturated heterocycles. The average molecular weight is 389 g/mol. The molecule has 8 heteroatoms. The number of hydrogen-bond acceptors (Lipinski definition) is 5. The molecule has 1 aliphatic heterocycles. The molecule has 0 radical (unpaired) electrons. The van der Waals surface area contributed by atoms with Crippen LogP contribution in [0.15, 0.2) is 35.5 Å². The number of carbonyl (C=O) groups is 3. The van der Waals surface area contributed by atoms with Crippen molar-refractivity contribution >= 4 is 23.6 Å². The van der Waals surface area contributed by atoms with Gasteiger partial charge < -0.3 is 25.0 Å². The lowest BCUT2D eigenvalue weighted by Gasteiger charge is -2.33. The predicted octanol–water partition coefficient (Wildman–Crippen LogP) is 2.44. The van der Waals surface area contributed by atoms with Crippen LogP contribution in [-0.2, 0) is 19.1 Å². The minimum absolute atomic E-state index is 0.0847. The summed E-state index contributed by atoms with van der Waals surface area (Å²) in [4.78, 5) is 38.1. The van der Waals surface area contributed by atoms with E-state index in [1.165, 1.54) is 12.0 Å². The van der Waals surface area contributed by atoms with Gasteiger partial charge in [0.15, 0.2) is 0 Å². The number of nitrogens with one attached hydrogen (secondary N) is 2. The Balaban J connectivity index is 2.28. The van der Waals surface area contributed by atoms with Crippen LogP contribution in [-0.4, -0.2) is 50.2 Å². The van der Waals surface area contributed by atoms with Crippen molar-refractivity contribution in [3.8, 4) is 0 Å². The van der Waals surface area contributed by atoms with Crippen molar-refractivity contribution < 1.29 is 23.9 Å². The molecule has 1 aromatic carbocycles. The summed E-state index contributed by atoms with van der Waals surface area (Å²) in [7, 11) is 3.11. The Morgan fingerprint density at radius 3 is 2.43 bits per heavy atom. The van der Waals surface area contributed by atoms with Crippen LogP contribution in [0.5, 0.6) is 0 Å². The number of esters is 1. The molecule has 0 spiro atoms. The van der Waals surface area contributed by atoms with Gasteiger partial charge in [0.1, 0.15) is 6.61 Å². The van der Waals surface area contributed by atoms with Gasteiger partial charge in [-0.3, -0.25) is 4.79 Å². The molecule has 1 aromatic rings. The third-order valence-electron chi connectivity index (χ3n) is 4.53. The van der Waals surface area contributed by atoms with E-state index in [1.807, 2.05) is 13.8 Å². The number of hydrogen-bond donors (Lipinski definition) is 2. The van der Waals surface area contributed by atoms with E-state index < -0.39 is 12.0 Å². The lowest BCUT2D eigenvalue weighted by molar-refractivity contribution is -0.140. The molecule has 28 heavy (non-hydrogen) atoms. The van der Waals surface area contributed by atoms with E-state index >= 15 is 0 Å². The number of nitrogens with zero attached hydrogens (tertiary/aromatic N) is 1. The molecule has 0 aliphatic carbocycles. The summed E-state index contributed by atoms with van der Waals surface area (Å²) in [6.07, 6.45) is 0. The van der Waals surface area contributed by atoms with E-state index in [0.29, 0.717) is 22.5 Å². The van der Waals surface area contributed by atoms with Crippen molar-refractivity contribution in [3.63, 3.8) is 0 Å². The van der Waals surface area contributed by atoms with E-state index in [-0.39, 0.29) is 31.1 Å². The van der Waals surface area contributed by atoms with Crippen LogP contribution in [0.4, 0.5) is 10.5 Å². The van der Waals surface area contributed by atoms with Crippen molar-refractivity contribution in [1.29, 1.82) is 0 Å². The van der Waals surface area contributed by atoms with Gasteiger partial charge in [-0.05, 0) is 24.6 Å². The zero-order valence-electron chi connectivity index (χ0n) is 16.9. The largest absolute Gasteiger partial charge is 0.460 e. The third kappa shape index (κ3) is 4.89. The fourth-order valence-electron chi connectivity index (χ4n) is 2.69. The number of anilines is 1. The van der Waals surface area contributed by atoms with Gasteiger partial charge in [-0.2, -0.15) is 0 Å². The first-order valence-electron chi connectivity index (χ1n) is 9.08. The van der Waals surface area contributed by atoms with Gasteiger partial charge in [-0.1, -0.05) is 26.0 Å². The minimum atomic E-state index is -0.645. The fourth-order valence-corrected chi connectivity index (χ4v) is 2.69. The number of ether oxygens (including phenoxy) is 2. The summed E-state index contributed by atoms with van der Waals surface area (Å²) in [6, 6.07) is 6.05. The molecule has 3 amide bonds. The summed E-state index contributed by atoms with van der Waals surface area (Å²) in [5.74, 6) is -0.728. The lowest BCUT2D eigenvalue weighted by atomic mass is 9.95. The second kappa shape index (κ2) is 9.36. The van der Waals surface area contributed by atoms with Gasteiger partial charge >= 0.3 is 12.0 Å².